The van der Waals surface area contributed by atoms with Crippen LogP contribution in [0.5, 0.6) is 0 Å². The highest BCUT2D eigenvalue weighted by atomic mass is 35.5. The molecule has 3 aromatic rings. The summed E-state index contributed by atoms with van der Waals surface area (Å²) in [5, 5.41) is 7.79. The van der Waals surface area contributed by atoms with E-state index in [-0.39, 0.29) is 16.5 Å². The molecule has 0 spiro atoms. The SMILES string of the molecule is C=CCNC(=O)c1cc(Sc2ccc(NC(=O)NC(=O)c3ccccc3Cl)cc2)ccn1. The van der Waals surface area contributed by atoms with E-state index in [9.17, 15) is 14.4 Å². The zero-order valence-corrected chi connectivity index (χ0v) is 18.4. The van der Waals surface area contributed by atoms with E-state index in [0.717, 1.165) is 9.79 Å². The standard InChI is InChI=1S/C23H19ClN4O3S/c1-2-12-26-22(30)20-14-17(11-13-25-20)32-16-9-7-15(8-10-16)27-23(31)28-21(29)18-5-3-4-6-19(18)24/h2-11,13-14H,1,12H2,(H,26,30)(H2,27,28,29,31). The lowest BCUT2D eigenvalue weighted by Gasteiger charge is -2.09. The number of halogens is 1. The second-order valence-electron chi connectivity index (χ2n) is 6.39. The van der Waals surface area contributed by atoms with E-state index in [0.29, 0.717) is 17.9 Å². The molecule has 0 saturated heterocycles. The summed E-state index contributed by atoms with van der Waals surface area (Å²) in [5.74, 6) is -0.866. The molecule has 0 aliphatic heterocycles. The molecule has 0 bridgehead atoms. The number of nitrogens with zero attached hydrogens (tertiary/aromatic N) is 1. The Morgan fingerprint density at radius 2 is 1.75 bits per heavy atom. The lowest BCUT2D eigenvalue weighted by Crippen LogP contribution is -2.34. The second kappa shape index (κ2) is 11.1. The van der Waals surface area contributed by atoms with Crippen LogP contribution in [0.2, 0.25) is 5.02 Å². The average Bonchev–Trinajstić information content (AvgIpc) is 2.79. The number of carbonyl (C=O) groups is 3. The fourth-order valence-corrected chi connectivity index (χ4v) is 3.64. The molecule has 2 aromatic carbocycles. The molecule has 4 amide bonds. The van der Waals surface area contributed by atoms with E-state index in [1.165, 1.54) is 17.8 Å². The summed E-state index contributed by atoms with van der Waals surface area (Å²) in [4.78, 5) is 42.1. The number of imide groups is 1. The first-order chi connectivity index (χ1) is 15.5. The first-order valence-corrected chi connectivity index (χ1v) is 10.7. The molecule has 9 heteroatoms. The largest absolute Gasteiger partial charge is 0.347 e. The third-order valence-corrected chi connectivity index (χ3v) is 5.39. The summed E-state index contributed by atoms with van der Waals surface area (Å²) in [6.45, 7) is 3.93. The Hall–Kier alpha value is -3.62. The van der Waals surface area contributed by atoms with Crippen molar-refractivity contribution < 1.29 is 14.4 Å². The number of carbonyl (C=O) groups excluding carboxylic acids is 3. The molecule has 32 heavy (non-hydrogen) atoms. The molecular weight excluding hydrogens is 448 g/mol. The molecule has 0 atom stereocenters. The predicted octanol–water partition coefficient (Wildman–Crippen LogP) is 4.76. The molecule has 0 aliphatic carbocycles. The molecular formula is C23H19ClN4O3S. The molecule has 3 rings (SSSR count). The van der Waals surface area contributed by atoms with Crippen LogP contribution in [0.3, 0.4) is 0 Å². The Morgan fingerprint density at radius 3 is 2.47 bits per heavy atom. The van der Waals surface area contributed by atoms with Gasteiger partial charge in [0.1, 0.15) is 5.69 Å². The number of hydrogen-bond donors (Lipinski definition) is 3. The van der Waals surface area contributed by atoms with Crippen LogP contribution in [0.15, 0.2) is 89.3 Å². The Morgan fingerprint density at radius 1 is 1.00 bits per heavy atom. The van der Waals surface area contributed by atoms with Crippen LogP contribution in [-0.2, 0) is 0 Å². The number of amides is 4. The van der Waals surface area contributed by atoms with Gasteiger partial charge in [0, 0.05) is 28.2 Å². The van der Waals surface area contributed by atoms with Gasteiger partial charge in [-0.2, -0.15) is 0 Å². The van der Waals surface area contributed by atoms with Crippen molar-refractivity contribution in [1.82, 2.24) is 15.6 Å². The molecule has 0 aliphatic rings. The van der Waals surface area contributed by atoms with Gasteiger partial charge in [-0.25, -0.2) is 4.79 Å². The topological polar surface area (TPSA) is 100 Å². The minimum atomic E-state index is -0.667. The van der Waals surface area contributed by atoms with Gasteiger partial charge >= 0.3 is 6.03 Å². The van der Waals surface area contributed by atoms with Gasteiger partial charge in [0.15, 0.2) is 0 Å². The van der Waals surface area contributed by atoms with E-state index < -0.39 is 11.9 Å². The highest BCUT2D eigenvalue weighted by Crippen LogP contribution is 2.28. The number of hydrogen-bond acceptors (Lipinski definition) is 5. The summed E-state index contributed by atoms with van der Waals surface area (Å²) in [5.41, 5.74) is 1.04. The molecule has 162 valence electrons. The van der Waals surface area contributed by atoms with Gasteiger partial charge in [-0.1, -0.05) is 41.6 Å². The van der Waals surface area contributed by atoms with Crippen molar-refractivity contribution in [2.24, 2.45) is 0 Å². The molecule has 0 unspecified atom stereocenters. The van der Waals surface area contributed by atoms with E-state index >= 15 is 0 Å². The number of benzene rings is 2. The Labute approximate surface area is 194 Å². The van der Waals surface area contributed by atoms with Crippen LogP contribution in [0.25, 0.3) is 0 Å². The van der Waals surface area contributed by atoms with Gasteiger partial charge in [-0.05, 0) is 48.5 Å². The molecule has 1 heterocycles. The molecule has 3 N–H and O–H groups in total. The Kier molecular flexibility index (Phi) is 8.02. The van der Waals surface area contributed by atoms with Crippen molar-refractivity contribution in [2.75, 3.05) is 11.9 Å². The van der Waals surface area contributed by atoms with E-state index in [4.69, 9.17) is 11.6 Å². The molecule has 0 fully saturated rings. The van der Waals surface area contributed by atoms with E-state index in [2.05, 4.69) is 27.5 Å². The average molecular weight is 467 g/mol. The highest BCUT2D eigenvalue weighted by molar-refractivity contribution is 7.99. The van der Waals surface area contributed by atoms with Crippen molar-refractivity contribution in [3.05, 3.63) is 95.8 Å². The van der Waals surface area contributed by atoms with Crippen molar-refractivity contribution in [1.29, 1.82) is 0 Å². The summed E-state index contributed by atoms with van der Waals surface area (Å²) < 4.78 is 0. The molecule has 7 nitrogen and oxygen atoms in total. The third-order valence-electron chi connectivity index (χ3n) is 4.06. The second-order valence-corrected chi connectivity index (χ2v) is 7.94. The monoisotopic (exact) mass is 466 g/mol. The van der Waals surface area contributed by atoms with Crippen LogP contribution in [0.1, 0.15) is 20.8 Å². The summed E-state index contributed by atoms with van der Waals surface area (Å²) in [7, 11) is 0. The van der Waals surface area contributed by atoms with Crippen LogP contribution < -0.4 is 16.0 Å². The lowest BCUT2D eigenvalue weighted by atomic mass is 10.2. The summed E-state index contributed by atoms with van der Waals surface area (Å²) in [6, 6.07) is 16.3. The van der Waals surface area contributed by atoms with E-state index in [1.54, 1.807) is 54.7 Å². The van der Waals surface area contributed by atoms with Gasteiger partial charge in [-0.3, -0.25) is 19.9 Å². The fourth-order valence-electron chi connectivity index (χ4n) is 2.57. The Bertz CT molecular complexity index is 1150. The fraction of sp³-hybridized carbons (Fsp3) is 0.0435. The molecule has 1 aromatic heterocycles. The van der Waals surface area contributed by atoms with Crippen molar-refractivity contribution >= 4 is 46.9 Å². The maximum Gasteiger partial charge on any atom is 0.326 e. The zero-order valence-electron chi connectivity index (χ0n) is 16.8. The number of nitrogens with one attached hydrogen (secondary N) is 3. The smallest absolute Gasteiger partial charge is 0.326 e. The highest BCUT2D eigenvalue weighted by Gasteiger charge is 2.13. The maximum atomic E-state index is 12.2. The van der Waals surface area contributed by atoms with Gasteiger partial charge in [0.05, 0.1) is 10.6 Å². The predicted molar refractivity (Wildman–Crippen MR) is 125 cm³/mol. The normalized spacial score (nSPS) is 10.2. The van der Waals surface area contributed by atoms with Crippen LogP contribution in [-0.4, -0.2) is 29.4 Å². The van der Waals surface area contributed by atoms with Crippen LogP contribution in [0.4, 0.5) is 10.5 Å². The number of urea groups is 1. The van der Waals surface area contributed by atoms with Gasteiger partial charge < -0.3 is 10.6 Å². The number of pyridine rings is 1. The van der Waals surface area contributed by atoms with Crippen molar-refractivity contribution in [3.8, 4) is 0 Å². The first-order valence-electron chi connectivity index (χ1n) is 9.46. The van der Waals surface area contributed by atoms with Gasteiger partial charge in [0.25, 0.3) is 11.8 Å². The van der Waals surface area contributed by atoms with Crippen LogP contribution in [0, 0.1) is 0 Å². The first kappa shape index (κ1) is 23.1. The molecule has 0 radical (unpaired) electrons. The quantitative estimate of drug-likeness (QED) is 0.436. The number of rotatable bonds is 7. The van der Waals surface area contributed by atoms with E-state index in [1.807, 2.05) is 12.1 Å². The summed E-state index contributed by atoms with van der Waals surface area (Å²) in [6.07, 6.45) is 3.17. The lowest BCUT2D eigenvalue weighted by molar-refractivity contribution is 0.0948. The van der Waals surface area contributed by atoms with Crippen molar-refractivity contribution in [2.45, 2.75) is 9.79 Å². The minimum absolute atomic E-state index is 0.214. The maximum absolute atomic E-state index is 12.2. The van der Waals surface area contributed by atoms with Crippen LogP contribution >= 0.6 is 23.4 Å². The summed E-state index contributed by atoms with van der Waals surface area (Å²) >= 11 is 7.41. The number of aromatic nitrogens is 1. The molecule has 0 saturated carbocycles. The third kappa shape index (κ3) is 6.44. The zero-order chi connectivity index (χ0) is 22.9. The van der Waals surface area contributed by atoms with Crippen molar-refractivity contribution in [3.63, 3.8) is 0 Å². The van der Waals surface area contributed by atoms with Gasteiger partial charge in [0.2, 0.25) is 0 Å². The number of anilines is 1. The Balaban J connectivity index is 1.58. The minimum Gasteiger partial charge on any atom is -0.347 e. The van der Waals surface area contributed by atoms with Gasteiger partial charge in [-0.15, -0.1) is 6.58 Å².